The molecule has 0 radical (unpaired) electrons. The zero-order chi connectivity index (χ0) is 19.3. The van der Waals surface area contributed by atoms with Crippen LogP contribution < -0.4 is 10.6 Å². The van der Waals surface area contributed by atoms with Gasteiger partial charge in [-0.15, -0.1) is 24.0 Å². The van der Waals surface area contributed by atoms with E-state index in [0.717, 1.165) is 0 Å². The van der Waals surface area contributed by atoms with Crippen molar-refractivity contribution >= 4 is 45.9 Å². The Labute approximate surface area is 174 Å². The normalized spacial score (nSPS) is 20.7. The second kappa shape index (κ2) is 10.5. The molecule has 0 bridgehead atoms. The van der Waals surface area contributed by atoms with Crippen LogP contribution in [0.25, 0.3) is 0 Å². The minimum Gasteiger partial charge on any atom is -0.444 e. The Bertz CT molecular complexity index is 590. The van der Waals surface area contributed by atoms with E-state index < -0.39 is 15.4 Å². The monoisotopic (exact) mass is 504 g/mol. The van der Waals surface area contributed by atoms with Crippen molar-refractivity contribution < 1.29 is 17.9 Å². The van der Waals surface area contributed by atoms with Crippen LogP contribution in [-0.4, -0.2) is 75.7 Å². The van der Waals surface area contributed by atoms with Gasteiger partial charge in [0.2, 0.25) is 0 Å². The molecule has 1 aliphatic rings. The summed E-state index contributed by atoms with van der Waals surface area (Å²) in [5.74, 6) is 1.11. The van der Waals surface area contributed by atoms with Gasteiger partial charge < -0.3 is 20.3 Å². The molecule has 2 atom stereocenters. The summed E-state index contributed by atoms with van der Waals surface area (Å²) < 4.78 is 28.4. The van der Waals surface area contributed by atoms with Crippen LogP contribution in [0.2, 0.25) is 0 Å². The number of hydrogen-bond acceptors (Lipinski definition) is 5. The first kappa shape index (κ1) is 25.2. The molecule has 1 saturated heterocycles. The van der Waals surface area contributed by atoms with Gasteiger partial charge in [0.25, 0.3) is 0 Å². The highest BCUT2D eigenvalue weighted by Crippen LogP contribution is 2.11. The smallest absolute Gasteiger partial charge is 0.410 e. The van der Waals surface area contributed by atoms with Crippen LogP contribution in [-0.2, 0) is 14.6 Å². The minimum absolute atomic E-state index is 0. The summed E-state index contributed by atoms with van der Waals surface area (Å²) in [5.41, 5.74) is -0.513. The van der Waals surface area contributed by atoms with Crippen molar-refractivity contribution in [2.24, 2.45) is 10.9 Å². The van der Waals surface area contributed by atoms with Gasteiger partial charge in [-0.2, -0.15) is 0 Å². The van der Waals surface area contributed by atoms with Crippen LogP contribution in [0.1, 0.15) is 34.1 Å². The number of hydrogen-bond donors (Lipinski definition) is 2. The molecule has 1 amide bonds. The highest BCUT2D eigenvalue weighted by Gasteiger charge is 2.28. The molecular formula is C16H33IN4O4S. The lowest BCUT2D eigenvalue weighted by Gasteiger charge is -2.27. The lowest BCUT2D eigenvalue weighted by atomic mass is 10.1. The SMILES string of the molecule is CN=C(NCC(C)CN(C)C(=O)OC(C)(C)C)NC1CCS(=O)(=O)C1.I. The Hall–Kier alpha value is -0.780. The van der Waals surface area contributed by atoms with Gasteiger partial charge in [-0.1, -0.05) is 6.92 Å². The first-order chi connectivity index (χ1) is 11.4. The van der Waals surface area contributed by atoms with Crippen molar-refractivity contribution in [2.45, 2.75) is 45.8 Å². The molecule has 1 heterocycles. The summed E-state index contributed by atoms with van der Waals surface area (Å²) in [7, 11) is 0.434. The maximum atomic E-state index is 12.0. The topological polar surface area (TPSA) is 100 Å². The molecule has 1 aliphatic heterocycles. The molecule has 0 aromatic rings. The second-order valence-corrected chi connectivity index (χ2v) is 9.89. The Kier molecular flexibility index (Phi) is 10.2. The third-order valence-electron chi connectivity index (χ3n) is 3.71. The van der Waals surface area contributed by atoms with E-state index in [1.807, 2.05) is 27.7 Å². The van der Waals surface area contributed by atoms with Gasteiger partial charge in [-0.05, 0) is 33.1 Å². The fourth-order valence-corrected chi connectivity index (χ4v) is 4.19. The molecule has 0 aromatic heterocycles. The number of aliphatic imine (C=N–C) groups is 1. The number of carbonyl (C=O) groups is 1. The summed E-state index contributed by atoms with van der Waals surface area (Å²) in [6, 6.07) is -0.101. The average molecular weight is 504 g/mol. The number of rotatable bonds is 5. The van der Waals surface area contributed by atoms with Gasteiger partial charge in [0.1, 0.15) is 5.60 Å². The highest BCUT2D eigenvalue weighted by atomic mass is 127. The number of sulfone groups is 1. The summed E-state index contributed by atoms with van der Waals surface area (Å²) in [4.78, 5) is 17.7. The maximum Gasteiger partial charge on any atom is 0.410 e. The average Bonchev–Trinajstić information content (AvgIpc) is 2.80. The predicted octanol–water partition coefficient (Wildman–Crippen LogP) is 1.46. The number of halogens is 1. The molecule has 154 valence electrons. The van der Waals surface area contributed by atoms with Crippen molar-refractivity contribution in [1.82, 2.24) is 15.5 Å². The van der Waals surface area contributed by atoms with Crippen LogP contribution in [0.4, 0.5) is 4.79 Å². The summed E-state index contributed by atoms with van der Waals surface area (Å²) in [5, 5.41) is 6.32. The van der Waals surface area contributed by atoms with Crippen LogP contribution in [0.5, 0.6) is 0 Å². The molecule has 2 N–H and O–H groups in total. The second-order valence-electron chi connectivity index (χ2n) is 7.66. The van der Waals surface area contributed by atoms with Crippen LogP contribution in [0.15, 0.2) is 4.99 Å². The highest BCUT2D eigenvalue weighted by molar-refractivity contribution is 14.0. The van der Waals surface area contributed by atoms with E-state index >= 15 is 0 Å². The third-order valence-corrected chi connectivity index (χ3v) is 5.47. The molecule has 2 unspecified atom stereocenters. The number of nitrogens with zero attached hydrogens (tertiary/aromatic N) is 2. The zero-order valence-electron chi connectivity index (χ0n) is 16.5. The fourth-order valence-electron chi connectivity index (χ4n) is 2.51. The minimum atomic E-state index is -2.92. The first-order valence-corrected chi connectivity index (χ1v) is 10.4. The number of amides is 1. The van der Waals surface area contributed by atoms with Crippen molar-refractivity contribution in [3.05, 3.63) is 0 Å². The number of ether oxygens (including phenoxy) is 1. The van der Waals surface area contributed by atoms with E-state index in [2.05, 4.69) is 15.6 Å². The van der Waals surface area contributed by atoms with Gasteiger partial charge in [0.15, 0.2) is 15.8 Å². The first-order valence-electron chi connectivity index (χ1n) is 8.53. The molecule has 10 heteroatoms. The number of carbonyl (C=O) groups excluding carboxylic acids is 1. The van der Waals surface area contributed by atoms with Gasteiger partial charge in [0.05, 0.1) is 11.5 Å². The fraction of sp³-hybridized carbons (Fsp3) is 0.875. The van der Waals surface area contributed by atoms with Crippen LogP contribution in [0, 0.1) is 5.92 Å². The molecule has 0 aliphatic carbocycles. The Morgan fingerprint density at radius 1 is 1.38 bits per heavy atom. The zero-order valence-corrected chi connectivity index (χ0v) is 19.7. The van der Waals surface area contributed by atoms with E-state index in [0.29, 0.717) is 25.5 Å². The molecule has 0 aromatic carbocycles. The third kappa shape index (κ3) is 9.79. The Balaban J connectivity index is 0.00000625. The summed E-state index contributed by atoms with van der Waals surface area (Å²) >= 11 is 0. The molecule has 1 fully saturated rings. The van der Waals surface area contributed by atoms with Gasteiger partial charge in [0, 0.05) is 33.2 Å². The van der Waals surface area contributed by atoms with Crippen molar-refractivity contribution in [3.63, 3.8) is 0 Å². The maximum absolute atomic E-state index is 12.0. The molecule has 0 spiro atoms. The Morgan fingerprint density at radius 2 is 2.00 bits per heavy atom. The molecule has 0 saturated carbocycles. The standard InChI is InChI=1S/C16H32N4O4S.HI/c1-12(10-20(6)15(21)24-16(2,3)4)9-18-14(17-5)19-13-7-8-25(22,23)11-13;/h12-13H,7-11H2,1-6H3,(H2,17,18,19);1H. The predicted molar refractivity (Wildman–Crippen MR) is 115 cm³/mol. The molecule has 26 heavy (non-hydrogen) atoms. The summed E-state index contributed by atoms with van der Waals surface area (Å²) in [6.07, 6.45) is 0.248. The lowest BCUT2D eigenvalue weighted by molar-refractivity contribution is 0.0278. The van der Waals surface area contributed by atoms with Gasteiger partial charge >= 0.3 is 6.09 Å². The van der Waals surface area contributed by atoms with Gasteiger partial charge in [-0.3, -0.25) is 4.99 Å². The molecule has 1 rings (SSSR count). The number of guanidine groups is 1. The van der Waals surface area contributed by atoms with Crippen molar-refractivity contribution in [3.8, 4) is 0 Å². The Morgan fingerprint density at radius 3 is 2.46 bits per heavy atom. The van der Waals surface area contributed by atoms with Crippen LogP contribution in [0.3, 0.4) is 0 Å². The lowest BCUT2D eigenvalue weighted by Crippen LogP contribution is -2.46. The van der Waals surface area contributed by atoms with Gasteiger partial charge in [-0.25, -0.2) is 13.2 Å². The molecular weight excluding hydrogens is 471 g/mol. The number of nitrogens with one attached hydrogen (secondary N) is 2. The van der Waals surface area contributed by atoms with Crippen molar-refractivity contribution in [2.75, 3.05) is 38.7 Å². The van der Waals surface area contributed by atoms with Crippen molar-refractivity contribution in [1.29, 1.82) is 0 Å². The summed E-state index contributed by atoms with van der Waals surface area (Å²) in [6.45, 7) is 8.66. The van der Waals surface area contributed by atoms with E-state index in [-0.39, 0.29) is 53.5 Å². The van der Waals surface area contributed by atoms with E-state index in [4.69, 9.17) is 4.74 Å². The molecule has 8 nitrogen and oxygen atoms in total. The van der Waals surface area contributed by atoms with E-state index in [1.54, 1.807) is 19.0 Å². The van der Waals surface area contributed by atoms with E-state index in [1.165, 1.54) is 0 Å². The quantitative estimate of drug-likeness (QED) is 0.334. The van der Waals surface area contributed by atoms with Crippen LogP contribution >= 0.6 is 24.0 Å². The van der Waals surface area contributed by atoms with E-state index in [9.17, 15) is 13.2 Å². The largest absolute Gasteiger partial charge is 0.444 e.